The Kier molecular flexibility index (Phi) is 4.92. The van der Waals surface area contributed by atoms with Crippen LogP contribution in [-0.2, 0) is 4.74 Å². The summed E-state index contributed by atoms with van der Waals surface area (Å²) in [7, 11) is 0. The Morgan fingerprint density at radius 1 is 1.09 bits per heavy atom. The molecular weight excluding hydrogens is 294 g/mol. The van der Waals surface area contributed by atoms with E-state index in [9.17, 15) is 0 Å². The summed E-state index contributed by atoms with van der Waals surface area (Å²) in [5, 5.41) is 2.50. The summed E-state index contributed by atoms with van der Waals surface area (Å²) in [6.07, 6.45) is 5.25. The lowest BCUT2D eigenvalue weighted by atomic mass is 9.97. The van der Waals surface area contributed by atoms with Gasteiger partial charge >= 0.3 is 0 Å². The fraction of sp³-hybridized carbons (Fsp3) is 0.316. The largest absolute Gasteiger partial charge is 0.475 e. The molecule has 1 aliphatic rings. The van der Waals surface area contributed by atoms with Gasteiger partial charge in [0.25, 0.3) is 0 Å². The highest BCUT2D eigenvalue weighted by Crippen LogP contribution is 2.25. The first-order valence-electron chi connectivity index (χ1n) is 7.46. The van der Waals surface area contributed by atoms with Crippen molar-refractivity contribution in [3.05, 3.63) is 54.1 Å². The molecule has 1 heterocycles. The summed E-state index contributed by atoms with van der Waals surface area (Å²) in [6, 6.07) is 14.7. The Morgan fingerprint density at radius 2 is 1.82 bits per heavy atom. The summed E-state index contributed by atoms with van der Waals surface area (Å²) in [5.41, 5.74) is 1.14. The molecule has 22 heavy (non-hydrogen) atoms. The van der Waals surface area contributed by atoms with E-state index in [4.69, 9.17) is 4.74 Å². The van der Waals surface area contributed by atoms with Gasteiger partial charge in [-0.2, -0.15) is 0 Å². The van der Waals surface area contributed by atoms with Crippen LogP contribution in [-0.4, -0.2) is 17.5 Å². The van der Waals surface area contributed by atoms with Crippen molar-refractivity contribution in [3.63, 3.8) is 0 Å². The van der Waals surface area contributed by atoms with E-state index < -0.39 is 0 Å². The SMILES string of the molecule is CC1CC(C)(C)N=C(C=Cc2cccc3ccccc23)O1.Cl. The lowest BCUT2D eigenvalue weighted by Crippen LogP contribution is -2.33. The Balaban J connectivity index is 0.00000176. The van der Waals surface area contributed by atoms with Gasteiger partial charge < -0.3 is 4.74 Å². The van der Waals surface area contributed by atoms with Gasteiger partial charge in [0.2, 0.25) is 5.90 Å². The second-order valence-corrected chi connectivity index (χ2v) is 6.30. The van der Waals surface area contributed by atoms with Crippen LogP contribution in [0.25, 0.3) is 16.8 Å². The van der Waals surface area contributed by atoms with Crippen molar-refractivity contribution in [2.75, 3.05) is 0 Å². The van der Waals surface area contributed by atoms with Crippen LogP contribution in [0.3, 0.4) is 0 Å². The Labute approximate surface area is 138 Å². The normalized spacial score (nSPS) is 20.3. The molecule has 1 unspecified atom stereocenters. The molecule has 2 aromatic carbocycles. The summed E-state index contributed by atoms with van der Waals surface area (Å²) in [5.74, 6) is 0.728. The Bertz CT molecular complexity index is 713. The fourth-order valence-electron chi connectivity index (χ4n) is 2.95. The maximum absolute atomic E-state index is 5.82. The molecule has 3 rings (SSSR count). The number of hydrogen-bond donors (Lipinski definition) is 0. The van der Waals surface area contributed by atoms with Gasteiger partial charge in [-0.1, -0.05) is 42.5 Å². The topological polar surface area (TPSA) is 21.6 Å². The van der Waals surface area contributed by atoms with Gasteiger partial charge in [0.05, 0.1) is 11.6 Å². The standard InChI is InChI=1S/C19H21NO.ClH/c1-14-13-19(2,3)20-18(21-14)12-11-16-9-6-8-15-7-4-5-10-17(15)16;/h4-12,14H,13H2,1-3H3;1H. The zero-order valence-corrected chi connectivity index (χ0v) is 14.1. The van der Waals surface area contributed by atoms with Crippen molar-refractivity contribution in [2.45, 2.75) is 38.8 Å². The van der Waals surface area contributed by atoms with E-state index in [-0.39, 0.29) is 24.0 Å². The summed E-state index contributed by atoms with van der Waals surface area (Å²) >= 11 is 0. The maximum atomic E-state index is 5.82. The molecule has 0 fully saturated rings. The predicted molar refractivity (Wildman–Crippen MR) is 96.9 cm³/mol. The van der Waals surface area contributed by atoms with Gasteiger partial charge in [0, 0.05) is 12.5 Å². The van der Waals surface area contributed by atoms with Crippen LogP contribution < -0.4 is 0 Å². The molecule has 0 N–H and O–H groups in total. The number of rotatable bonds is 2. The minimum Gasteiger partial charge on any atom is -0.475 e. The zero-order chi connectivity index (χ0) is 14.9. The predicted octanol–water partition coefficient (Wildman–Crippen LogP) is 5.26. The lowest BCUT2D eigenvalue weighted by Gasteiger charge is -2.30. The van der Waals surface area contributed by atoms with Gasteiger partial charge in [-0.3, -0.25) is 0 Å². The number of ether oxygens (including phenoxy) is 1. The van der Waals surface area contributed by atoms with Gasteiger partial charge in [-0.15, -0.1) is 12.4 Å². The Morgan fingerprint density at radius 3 is 2.59 bits per heavy atom. The minimum atomic E-state index is -0.0455. The second-order valence-electron chi connectivity index (χ2n) is 6.30. The number of halogens is 1. The van der Waals surface area contributed by atoms with E-state index in [0.717, 1.165) is 12.3 Å². The quantitative estimate of drug-likeness (QED) is 0.740. The third kappa shape index (κ3) is 3.69. The molecule has 0 bridgehead atoms. The number of benzene rings is 2. The zero-order valence-electron chi connectivity index (χ0n) is 13.2. The molecule has 0 spiro atoms. The van der Waals surface area contributed by atoms with Crippen LogP contribution in [0.2, 0.25) is 0 Å². The van der Waals surface area contributed by atoms with Crippen LogP contribution in [0.4, 0.5) is 0 Å². The van der Waals surface area contributed by atoms with Crippen molar-refractivity contribution < 1.29 is 4.74 Å². The molecule has 0 aliphatic carbocycles. The highest BCUT2D eigenvalue weighted by molar-refractivity contribution is 5.97. The van der Waals surface area contributed by atoms with Crippen LogP contribution >= 0.6 is 12.4 Å². The van der Waals surface area contributed by atoms with E-state index >= 15 is 0 Å². The van der Waals surface area contributed by atoms with E-state index in [1.165, 1.54) is 16.3 Å². The molecule has 0 radical (unpaired) electrons. The monoisotopic (exact) mass is 315 g/mol. The summed E-state index contributed by atoms with van der Waals surface area (Å²) < 4.78 is 5.82. The van der Waals surface area contributed by atoms with Crippen molar-refractivity contribution >= 4 is 35.2 Å². The number of hydrogen-bond acceptors (Lipinski definition) is 2. The molecule has 2 nitrogen and oxygen atoms in total. The molecule has 0 aromatic heterocycles. The van der Waals surface area contributed by atoms with Gasteiger partial charge in [-0.05, 0) is 43.2 Å². The Hall–Kier alpha value is -1.80. The smallest absolute Gasteiger partial charge is 0.209 e. The number of aliphatic imine (C=N–C) groups is 1. The molecule has 116 valence electrons. The van der Waals surface area contributed by atoms with E-state index in [2.05, 4.69) is 74.3 Å². The molecule has 3 heteroatoms. The number of nitrogens with zero attached hydrogens (tertiary/aromatic N) is 1. The van der Waals surface area contributed by atoms with E-state index in [1.807, 2.05) is 6.08 Å². The fourth-order valence-corrected chi connectivity index (χ4v) is 2.95. The first kappa shape index (κ1) is 16.6. The van der Waals surface area contributed by atoms with Gasteiger partial charge in [0.1, 0.15) is 0 Å². The average molecular weight is 316 g/mol. The second kappa shape index (κ2) is 6.53. The summed E-state index contributed by atoms with van der Waals surface area (Å²) in [6.45, 7) is 6.40. The molecule has 2 aromatic rings. The van der Waals surface area contributed by atoms with Crippen molar-refractivity contribution in [1.82, 2.24) is 0 Å². The highest BCUT2D eigenvalue weighted by Gasteiger charge is 2.26. The van der Waals surface area contributed by atoms with Gasteiger partial charge in [0.15, 0.2) is 0 Å². The molecule has 0 saturated heterocycles. The molecular formula is C19H22ClNO. The van der Waals surface area contributed by atoms with Crippen LogP contribution in [0.5, 0.6) is 0 Å². The average Bonchev–Trinajstić information content (AvgIpc) is 2.43. The third-order valence-electron chi connectivity index (χ3n) is 3.75. The van der Waals surface area contributed by atoms with Crippen LogP contribution in [0, 0.1) is 0 Å². The van der Waals surface area contributed by atoms with Crippen molar-refractivity contribution in [2.24, 2.45) is 4.99 Å². The highest BCUT2D eigenvalue weighted by atomic mass is 35.5. The lowest BCUT2D eigenvalue weighted by molar-refractivity contribution is 0.147. The third-order valence-corrected chi connectivity index (χ3v) is 3.75. The summed E-state index contributed by atoms with van der Waals surface area (Å²) in [4.78, 5) is 4.67. The number of fused-ring (bicyclic) bond motifs is 1. The minimum absolute atomic E-state index is 0. The molecule has 0 saturated carbocycles. The molecule has 0 amide bonds. The van der Waals surface area contributed by atoms with E-state index in [1.54, 1.807) is 0 Å². The van der Waals surface area contributed by atoms with Crippen molar-refractivity contribution in [1.29, 1.82) is 0 Å². The first-order valence-corrected chi connectivity index (χ1v) is 7.46. The van der Waals surface area contributed by atoms with Crippen LogP contribution in [0.15, 0.2) is 53.5 Å². The first-order chi connectivity index (χ1) is 10.0. The van der Waals surface area contributed by atoms with Crippen molar-refractivity contribution in [3.8, 4) is 0 Å². The van der Waals surface area contributed by atoms with E-state index in [0.29, 0.717) is 0 Å². The molecule has 1 atom stereocenters. The molecule has 1 aliphatic heterocycles. The van der Waals surface area contributed by atoms with Crippen LogP contribution in [0.1, 0.15) is 32.8 Å². The van der Waals surface area contributed by atoms with Gasteiger partial charge in [-0.25, -0.2) is 4.99 Å². The maximum Gasteiger partial charge on any atom is 0.209 e.